The van der Waals surface area contributed by atoms with E-state index < -0.39 is 4.92 Å². The lowest BCUT2D eigenvalue weighted by atomic mass is 10.1. The summed E-state index contributed by atoms with van der Waals surface area (Å²) >= 11 is 5.04. The molecule has 5 nitrogen and oxygen atoms in total. The standard InChI is InChI=1S/C14H9BrN2O3S/c15-10-5-7-21-13(10)8-20-12-4-3-11(17(18)19)14-9(12)2-1-6-16-14/h1-7H,8H2. The minimum atomic E-state index is -0.436. The van der Waals surface area contributed by atoms with Crippen LogP contribution in [0, 0.1) is 10.1 Å². The lowest BCUT2D eigenvalue weighted by molar-refractivity contribution is -0.383. The number of hydrogen-bond donors (Lipinski definition) is 0. The number of hydrogen-bond acceptors (Lipinski definition) is 5. The smallest absolute Gasteiger partial charge is 0.295 e. The molecule has 0 N–H and O–H groups in total. The van der Waals surface area contributed by atoms with Crippen LogP contribution in [0.25, 0.3) is 10.9 Å². The van der Waals surface area contributed by atoms with E-state index in [-0.39, 0.29) is 5.69 Å². The molecular formula is C14H9BrN2O3S. The van der Waals surface area contributed by atoms with Gasteiger partial charge in [-0.2, -0.15) is 0 Å². The summed E-state index contributed by atoms with van der Waals surface area (Å²) in [6, 6.07) is 8.50. The SMILES string of the molecule is O=[N+]([O-])c1ccc(OCc2sccc2Br)c2cccnc12. The summed E-state index contributed by atoms with van der Waals surface area (Å²) in [5.41, 5.74) is 0.320. The van der Waals surface area contributed by atoms with E-state index in [2.05, 4.69) is 20.9 Å². The summed E-state index contributed by atoms with van der Waals surface area (Å²) in [7, 11) is 0. The van der Waals surface area contributed by atoms with Gasteiger partial charge >= 0.3 is 0 Å². The first-order chi connectivity index (χ1) is 10.2. The van der Waals surface area contributed by atoms with Gasteiger partial charge in [0.05, 0.1) is 9.80 Å². The van der Waals surface area contributed by atoms with E-state index in [1.54, 1.807) is 29.5 Å². The Hall–Kier alpha value is -1.99. The second-order valence-electron chi connectivity index (χ2n) is 4.22. The molecule has 0 unspecified atom stereocenters. The van der Waals surface area contributed by atoms with Crippen LogP contribution in [0.1, 0.15) is 4.88 Å². The zero-order valence-electron chi connectivity index (χ0n) is 10.7. The lowest BCUT2D eigenvalue weighted by Crippen LogP contribution is -1.97. The van der Waals surface area contributed by atoms with Gasteiger partial charge in [0.15, 0.2) is 5.52 Å². The molecular weight excluding hydrogens is 356 g/mol. The van der Waals surface area contributed by atoms with Crippen LogP contribution in [0.15, 0.2) is 46.4 Å². The van der Waals surface area contributed by atoms with Crippen molar-refractivity contribution in [1.82, 2.24) is 4.98 Å². The summed E-state index contributed by atoms with van der Waals surface area (Å²) in [5.74, 6) is 0.587. The highest BCUT2D eigenvalue weighted by atomic mass is 79.9. The highest BCUT2D eigenvalue weighted by molar-refractivity contribution is 9.10. The van der Waals surface area contributed by atoms with Crippen molar-refractivity contribution in [2.45, 2.75) is 6.61 Å². The Bertz CT molecular complexity index is 819. The number of aromatic nitrogens is 1. The fraction of sp³-hybridized carbons (Fsp3) is 0.0714. The van der Waals surface area contributed by atoms with Crippen LogP contribution in [0.3, 0.4) is 0 Å². The Labute approximate surface area is 132 Å². The number of ether oxygens (including phenoxy) is 1. The molecule has 0 fully saturated rings. The lowest BCUT2D eigenvalue weighted by Gasteiger charge is -2.08. The topological polar surface area (TPSA) is 65.3 Å². The number of nitrogens with zero attached hydrogens (tertiary/aromatic N) is 2. The number of benzene rings is 1. The van der Waals surface area contributed by atoms with Crippen molar-refractivity contribution >= 4 is 43.9 Å². The molecule has 1 aromatic carbocycles. The molecule has 0 aliphatic rings. The maximum absolute atomic E-state index is 11.0. The molecule has 7 heteroatoms. The average Bonchev–Trinajstić information content (AvgIpc) is 2.89. The Kier molecular flexibility index (Phi) is 3.85. The molecule has 0 amide bonds. The number of nitro groups is 1. The first kappa shape index (κ1) is 14.0. The molecule has 0 saturated heterocycles. The predicted molar refractivity (Wildman–Crippen MR) is 84.7 cm³/mol. The van der Waals surface area contributed by atoms with Crippen molar-refractivity contribution in [3.8, 4) is 5.75 Å². The molecule has 0 saturated carbocycles. The maximum Gasteiger partial charge on any atom is 0.295 e. The summed E-state index contributed by atoms with van der Waals surface area (Å²) in [4.78, 5) is 15.8. The van der Waals surface area contributed by atoms with Crippen LogP contribution in [0.5, 0.6) is 5.75 Å². The van der Waals surface area contributed by atoms with Gasteiger partial charge in [-0.05, 0) is 45.6 Å². The molecule has 106 valence electrons. The normalized spacial score (nSPS) is 10.7. The van der Waals surface area contributed by atoms with Crippen molar-refractivity contribution in [1.29, 1.82) is 0 Å². The largest absolute Gasteiger partial charge is 0.487 e. The molecule has 0 bridgehead atoms. The zero-order chi connectivity index (χ0) is 14.8. The number of rotatable bonds is 4. The number of nitro benzene ring substituents is 1. The van der Waals surface area contributed by atoms with E-state index in [1.807, 2.05) is 11.4 Å². The molecule has 3 aromatic rings. The summed E-state index contributed by atoms with van der Waals surface area (Å²) in [6.45, 7) is 0.403. The van der Waals surface area contributed by atoms with E-state index in [9.17, 15) is 10.1 Å². The highest BCUT2D eigenvalue weighted by Crippen LogP contribution is 2.32. The summed E-state index contributed by atoms with van der Waals surface area (Å²) < 4.78 is 6.79. The zero-order valence-corrected chi connectivity index (χ0v) is 13.1. The van der Waals surface area contributed by atoms with Crippen molar-refractivity contribution in [2.75, 3.05) is 0 Å². The van der Waals surface area contributed by atoms with Gasteiger partial charge in [-0.1, -0.05) is 0 Å². The third-order valence-electron chi connectivity index (χ3n) is 2.95. The number of pyridine rings is 1. The Morgan fingerprint density at radius 2 is 2.19 bits per heavy atom. The van der Waals surface area contributed by atoms with Crippen LogP contribution in [0.2, 0.25) is 0 Å². The Balaban J connectivity index is 1.98. The minimum absolute atomic E-state index is 0.0183. The number of fused-ring (bicyclic) bond motifs is 1. The van der Waals surface area contributed by atoms with Gasteiger partial charge in [0.25, 0.3) is 5.69 Å². The van der Waals surface area contributed by atoms with Gasteiger partial charge in [-0.15, -0.1) is 11.3 Å². The third kappa shape index (κ3) is 2.74. The van der Waals surface area contributed by atoms with E-state index >= 15 is 0 Å². The average molecular weight is 365 g/mol. The fourth-order valence-electron chi connectivity index (χ4n) is 1.98. The van der Waals surface area contributed by atoms with Crippen molar-refractivity contribution < 1.29 is 9.66 Å². The van der Waals surface area contributed by atoms with Gasteiger partial charge < -0.3 is 4.74 Å². The predicted octanol–water partition coefficient (Wildman–Crippen LogP) is 4.55. The van der Waals surface area contributed by atoms with Crippen molar-refractivity contribution in [2.24, 2.45) is 0 Å². The molecule has 0 aliphatic carbocycles. The van der Waals surface area contributed by atoms with Gasteiger partial charge in [0, 0.05) is 22.1 Å². The third-order valence-corrected chi connectivity index (χ3v) is 4.85. The van der Waals surface area contributed by atoms with E-state index in [0.717, 1.165) is 9.35 Å². The van der Waals surface area contributed by atoms with E-state index in [1.165, 1.54) is 12.3 Å². The summed E-state index contributed by atoms with van der Waals surface area (Å²) in [5, 5.41) is 13.6. The fourth-order valence-corrected chi connectivity index (χ4v) is 3.35. The van der Waals surface area contributed by atoms with Crippen molar-refractivity contribution in [3.63, 3.8) is 0 Å². The molecule has 0 atom stereocenters. The molecule has 2 aromatic heterocycles. The minimum Gasteiger partial charge on any atom is -0.487 e. The van der Waals surface area contributed by atoms with Crippen LogP contribution < -0.4 is 4.74 Å². The van der Waals surface area contributed by atoms with Crippen LogP contribution in [-0.4, -0.2) is 9.91 Å². The van der Waals surface area contributed by atoms with Gasteiger partial charge in [-0.3, -0.25) is 10.1 Å². The van der Waals surface area contributed by atoms with Crippen LogP contribution in [0.4, 0.5) is 5.69 Å². The van der Waals surface area contributed by atoms with E-state index in [4.69, 9.17) is 4.74 Å². The van der Waals surface area contributed by atoms with Crippen LogP contribution in [-0.2, 0) is 6.61 Å². The maximum atomic E-state index is 11.0. The molecule has 3 rings (SSSR count). The molecule has 2 heterocycles. The molecule has 0 radical (unpaired) electrons. The van der Waals surface area contributed by atoms with Gasteiger partial charge in [-0.25, -0.2) is 4.98 Å². The Morgan fingerprint density at radius 3 is 2.90 bits per heavy atom. The second kappa shape index (κ2) is 5.79. The van der Waals surface area contributed by atoms with Crippen LogP contribution >= 0.6 is 27.3 Å². The highest BCUT2D eigenvalue weighted by Gasteiger charge is 2.16. The Morgan fingerprint density at radius 1 is 1.33 bits per heavy atom. The molecule has 21 heavy (non-hydrogen) atoms. The second-order valence-corrected chi connectivity index (χ2v) is 6.07. The van der Waals surface area contributed by atoms with Gasteiger partial charge in [0.1, 0.15) is 12.4 Å². The van der Waals surface area contributed by atoms with Gasteiger partial charge in [0.2, 0.25) is 0 Å². The molecule has 0 aliphatic heterocycles. The molecule has 0 spiro atoms. The number of thiophene rings is 1. The summed E-state index contributed by atoms with van der Waals surface area (Å²) in [6.07, 6.45) is 1.54. The van der Waals surface area contributed by atoms with Crippen molar-refractivity contribution in [3.05, 3.63) is 61.4 Å². The first-order valence-corrected chi connectivity index (χ1v) is 7.71. The number of non-ortho nitro benzene ring substituents is 1. The van der Waals surface area contributed by atoms with E-state index in [0.29, 0.717) is 23.3 Å². The first-order valence-electron chi connectivity index (χ1n) is 6.03. The monoisotopic (exact) mass is 364 g/mol. The number of halogens is 1. The quantitative estimate of drug-likeness (QED) is 0.503.